The SMILES string of the molecule is CN1C(=O)C(=c2[nH][nH]c(=O)c2=Cc2ccc(O)cc2)C(=O)c2ccccc21. The Kier molecular flexibility index (Phi) is 3.77. The lowest BCUT2D eigenvalue weighted by atomic mass is 9.95. The molecular weight excluding hydrogens is 346 g/mol. The van der Waals surface area contributed by atoms with Crippen molar-refractivity contribution in [1.29, 1.82) is 0 Å². The van der Waals surface area contributed by atoms with E-state index in [1.54, 1.807) is 49.5 Å². The normalized spacial score (nSPS) is 16.6. The van der Waals surface area contributed by atoms with E-state index < -0.39 is 17.2 Å². The van der Waals surface area contributed by atoms with Crippen LogP contribution in [0.3, 0.4) is 0 Å². The van der Waals surface area contributed by atoms with Gasteiger partial charge in [-0.2, -0.15) is 0 Å². The molecule has 3 N–H and O–H groups in total. The van der Waals surface area contributed by atoms with Gasteiger partial charge in [-0.1, -0.05) is 24.3 Å². The number of phenols is 1. The molecule has 27 heavy (non-hydrogen) atoms. The highest BCUT2D eigenvalue weighted by molar-refractivity contribution is 6.51. The fourth-order valence-electron chi connectivity index (χ4n) is 3.13. The third-order valence-corrected chi connectivity index (χ3v) is 4.52. The standard InChI is InChI=1S/C20H15N3O4/c1-23-15-5-3-2-4-13(15)18(25)16(20(23)27)17-14(19(26)22-21-17)10-11-6-8-12(24)9-7-11/h2-10,21,24H,1H3,(H,22,26). The van der Waals surface area contributed by atoms with Gasteiger partial charge in [-0.3, -0.25) is 24.6 Å². The third kappa shape index (κ3) is 2.65. The third-order valence-electron chi connectivity index (χ3n) is 4.52. The van der Waals surface area contributed by atoms with E-state index >= 15 is 0 Å². The Morgan fingerprint density at radius 1 is 0.963 bits per heavy atom. The summed E-state index contributed by atoms with van der Waals surface area (Å²) < 4.78 is 0. The predicted octanol–water partition coefficient (Wildman–Crippen LogP) is 0.247. The van der Waals surface area contributed by atoms with Crippen LogP contribution >= 0.6 is 0 Å². The van der Waals surface area contributed by atoms with Gasteiger partial charge in [-0.15, -0.1) is 0 Å². The van der Waals surface area contributed by atoms with Crippen molar-refractivity contribution in [2.75, 3.05) is 11.9 Å². The number of rotatable bonds is 1. The first-order chi connectivity index (χ1) is 13.0. The number of Topliss-reactive ketones (excluding diaryl/α,β-unsaturated/α-hetero) is 1. The number of phenolic OH excluding ortho intramolecular Hbond substituents is 1. The average Bonchev–Trinajstić information content (AvgIpc) is 3.02. The van der Waals surface area contributed by atoms with Gasteiger partial charge in [0.15, 0.2) is 0 Å². The molecule has 3 aromatic rings. The van der Waals surface area contributed by atoms with Gasteiger partial charge in [-0.05, 0) is 35.9 Å². The highest BCUT2D eigenvalue weighted by Gasteiger charge is 2.33. The largest absolute Gasteiger partial charge is 0.508 e. The Balaban J connectivity index is 2.03. The van der Waals surface area contributed by atoms with Crippen molar-refractivity contribution in [1.82, 2.24) is 10.2 Å². The molecule has 0 aliphatic carbocycles. The molecule has 7 nitrogen and oxygen atoms in total. The molecule has 7 heteroatoms. The summed E-state index contributed by atoms with van der Waals surface area (Å²) >= 11 is 0. The number of benzene rings is 2. The molecule has 0 spiro atoms. The second-order valence-electron chi connectivity index (χ2n) is 6.19. The summed E-state index contributed by atoms with van der Waals surface area (Å²) in [6, 6.07) is 13.1. The maximum atomic E-state index is 13.0. The minimum Gasteiger partial charge on any atom is -0.508 e. The van der Waals surface area contributed by atoms with Crippen LogP contribution < -0.4 is 21.0 Å². The van der Waals surface area contributed by atoms with Crippen LogP contribution in [0.15, 0.2) is 53.3 Å². The molecule has 134 valence electrons. The second kappa shape index (κ2) is 6.14. The zero-order valence-corrected chi connectivity index (χ0v) is 14.3. The number of fused-ring (bicyclic) bond motifs is 1. The number of aromatic amines is 2. The Labute approximate surface area is 152 Å². The van der Waals surface area contributed by atoms with Crippen LogP contribution in [0.5, 0.6) is 5.75 Å². The fraction of sp³-hybridized carbons (Fsp3) is 0.0500. The summed E-state index contributed by atoms with van der Waals surface area (Å²) in [4.78, 5) is 39.5. The van der Waals surface area contributed by atoms with E-state index in [0.29, 0.717) is 16.8 Å². The fourth-order valence-corrected chi connectivity index (χ4v) is 3.13. The van der Waals surface area contributed by atoms with Crippen molar-refractivity contribution in [3.63, 3.8) is 0 Å². The molecule has 0 saturated carbocycles. The number of hydrogen-bond acceptors (Lipinski definition) is 4. The molecule has 0 unspecified atom stereocenters. The van der Waals surface area contributed by atoms with Gasteiger partial charge < -0.3 is 10.0 Å². The van der Waals surface area contributed by atoms with Crippen molar-refractivity contribution < 1.29 is 14.7 Å². The second-order valence-corrected chi connectivity index (χ2v) is 6.19. The molecule has 1 amide bonds. The van der Waals surface area contributed by atoms with Gasteiger partial charge in [0, 0.05) is 12.6 Å². The summed E-state index contributed by atoms with van der Waals surface area (Å²) in [5.74, 6) is -0.834. The van der Waals surface area contributed by atoms with Crippen molar-refractivity contribution >= 4 is 29.0 Å². The number of aromatic hydroxyl groups is 1. The van der Waals surface area contributed by atoms with Gasteiger partial charge in [0.1, 0.15) is 11.3 Å². The number of amides is 1. The zero-order chi connectivity index (χ0) is 19.1. The molecule has 1 aliphatic rings. The molecular formula is C20H15N3O4. The lowest BCUT2D eigenvalue weighted by molar-refractivity contribution is -0.113. The van der Waals surface area contributed by atoms with Crippen molar-refractivity contribution in [2.24, 2.45) is 0 Å². The van der Waals surface area contributed by atoms with Gasteiger partial charge in [0.25, 0.3) is 11.5 Å². The number of carbonyl (C=O) groups is 2. The van der Waals surface area contributed by atoms with E-state index in [2.05, 4.69) is 10.2 Å². The molecule has 1 aliphatic heterocycles. The Morgan fingerprint density at radius 2 is 1.67 bits per heavy atom. The molecule has 1 aromatic heterocycles. The Hall–Kier alpha value is -3.87. The van der Waals surface area contributed by atoms with Crippen molar-refractivity contribution in [3.8, 4) is 5.75 Å². The summed E-state index contributed by atoms with van der Waals surface area (Å²) in [6.45, 7) is 0. The summed E-state index contributed by atoms with van der Waals surface area (Å²) in [7, 11) is 1.59. The number of H-pyrrole nitrogens is 2. The van der Waals surface area contributed by atoms with Gasteiger partial charge in [0.2, 0.25) is 5.78 Å². The van der Waals surface area contributed by atoms with E-state index in [0.717, 1.165) is 0 Å². The number of aromatic nitrogens is 2. The molecule has 4 rings (SSSR count). The van der Waals surface area contributed by atoms with Crippen molar-refractivity contribution in [2.45, 2.75) is 0 Å². The predicted molar refractivity (Wildman–Crippen MR) is 99.9 cm³/mol. The monoisotopic (exact) mass is 361 g/mol. The number of nitrogens with one attached hydrogen (secondary N) is 2. The highest BCUT2D eigenvalue weighted by Crippen LogP contribution is 2.28. The molecule has 0 bridgehead atoms. The number of para-hydroxylation sites is 1. The van der Waals surface area contributed by atoms with Crippen LogP contribution in [0.1, 0.15) is 15.9 Å². The quantitative estimate of drug-likeness (QED) is 0.577. The first-order valence-corrected chi connectivity index (χ1v) is 8.21. The average molecular weight is 361 g/mol. The minimum absolute atomic E-state index is 0.0976. The molecule has 0 radical (unpaired) electrons. The van der Waals surface area contributed by atoms with Crippen LogP contribution in [0.2, 0.25) is 0 Å². The lowest BCUT2D eigenvalue weighted by Gasteiger charge is -2.25. The van der Waals surface area contributed by atoms with Crippen LogP contribution in [0.4, 0.5) is 5.69 Å². The zero-order valence-electron chi connectivity index (χ0n) is 14.3. The molecule has 2 heterocycles. The number of nitrogens with zero attached hydrogens (tertiary/aromatic N) is 1. The van der Waals surface area contributed by atoms with E-state index in [1.165, 1.54) is 17.0 Å². The number of ketones is 1. The smallest absolute Gasteiger partial charge is 0.271 e. The lowest BCUT2D eigenvalue weighted by Crippen LogP contribution is -2.44. The van der Waals surface area contributed by atoms with E-state index in [-0.39, 0.29) is 21.9 Å². The van der Waals surface area contributed by atoms with Crippen LogP contribution in [-0.2, 0) is 4.79 Å². The molecule has 0 saturated heterocycles. The highest BCUT2D eigenvalue weighted by atomic mass is 16.3. The number of hydrogen-bond donors (Lipinski definition) is 3. The van der Waals surface area contributed by atoms with E-state index in [1.807, 2.05) is 0 Å². The molecule has 0 fully saturated rings. The number of anilines is 1. The summed E-state index contributed by atoms with van der Waals surface area (Å²) in [5, 5.41) is 14.8. The minimum atomic E-state index is -0.491. The Bertz CT molecular complexity index is 1250. The molecule has 2 aromatic carbocycles. The van der Waals surface area contributed by atoms with E-state index in [9.17, 15) is 19.5 Å². The summed E-state index contributed by atoms with van der Waals surface area (Å²) in [6.07, 6.45) is 1.55. The van der Waals surface area contributed by atoms with Gasteiger partial charge in [-0.25, -0.2) is 0 Å². The van der Waals surface area contributed by atoms with Crippen LogP contribution in [0.25, 0.3) is 11.6 Å². The van der Waals surface area contributed by atoms with Gasteiger partial charge >= 0.3 is 0 Å². The maximum absolute atomic E-state index is 13.0. The van der Waals surface area contributed by atoms with Gasteiger partial charge in [0.05, 0.1) is 16.3 Å². The van der Waals surface area contributed by atoms with Crippen LogP contribution in [0, 0.1) is 0 Å². The first kappa shape index (κ1) is 16.6. The molecule has 0 atom stereocenters. The summed E-state index contributed by atoms with van der Waals surface area (Å²) in [5.41, 5.74) is 1.02. The first-order valence-electron chi connectivity index (χ1n) is 8.21. The van der Waals surface area contributed by atoms with Crippen LogP contribution in [-0.4, -0.2) is 34.0 Å². The maximum Gasteiger partial charge on any atom is 0.271 e. The van der Waals surface area contributed by atoms with Crippen molar-refractivity contribution in [3.05, 3.63) is 80.6 Å². The number of carbonyl (C=O) groups excluding carboxylic acids is 2. The topological polar surface area (TPSA) is 106 Å². The Morgan fingerprint density at radius 3 is 2.41 bits per heavy atom. The van der Waals surface area contributed by atoms with E-state index in [4.69, 9.17) is 0 Å².